The van der Waals surface area contributed by atoms with Crippen LogP contribution in [0.5, 0.6) is 0 Å². The number of ether oxygens (including phenoxy) is 1. The second kappa shape index (κ2) is 6.73. The first kappa shape index (κ1) is 15.9. The van der Waals surface area contributed by atoms with Crippen LogP contribution >= 0.6 is 0 Å². The van der Waals surface area contributed by atoms with Gasteiger partial charge in [0.2, 0.25) is 0 Å². The summed E-state index contributed by atoms with van der Waals surface area (Å²) in [6, 6.07) is 7.37. The number of aromatic amines is 2. The molecule has 8 heteroatoms. The molecule has 0 bridgehead atoms. The van der Waals surface area contributed by atoms with Gasteiger partial charge in [0.05, 0.1) is 24.1 Å². The molecule has 3 aromatic rings. The van der Waals surface area contributed by atoms with Gasteiger partial charge in [-0.05, 0) is 12.1 Å². The van der Waals surface area contributed by atoms with Crippen molar-refractivity contribution in [1.29, 1.82) is 0 Å². The summed E-state index contributed by atoms with van der Waals surface area (Å²) in [5, 5.41) is 7.78. The molecule has 4 rings (SSSR count). The Morgan fingerprint density at radius 2 is 2.16 bits per heavy atom. The van der Waals surface area contributed by atoms with Crippen LogP contribution in [0.2, 0.25) is 0 Å². The summed E-state index contributed by atoms with van der Waals surface area (Å²) in [6.07, 6.45) is 0.642. The van der Waals surface area contributed by atoms with Crippen molar-refractivity contribution in [2.45, 2.75) is 26.0 Å². The average Bonchev–Trinajstić information content (AvgIpc) is 3.11. The van der Waals surface area contributed by atoms with Gasteiger partial charge >= 0.3 is 0 Å². The van der Waals surface area contributed by atoms with Crippen LogP contribution in [-0.2, 0) is 17.7 Å². The number of hydrogen-bond donors (Lipinski definition) is 2. The predicted octanol–water partition coefficient (Wildman–Crippen LogP) is 1.18. The van der Waals surface area contributed by atoms with E-state index in [1.54, 1.807) is 6.07 Å². The monoisotopic (exact) mass is 340 g/mol. The number of hydrogen-bond acceptors (Lipinski definition) is 6. The lowest BCUT2D eigenvalue weighted by Crippen LogP contribution is -2.39. The molecule has 0 saturated carbocycles. The molecule has 1 saturated heterocycles. The molecule has 130 valence electrons. The minimum absolute atomic E-state index is 0.105. The zero-order valence-corrected chi connectivity index (χ0v) is 14.0. The summed E-state index contributed by atoms with van der Waals surface area (Å²) in [7, 11) is 0. The molecule has 8 nitrogen and oxygen atoms in total. The zero-order valence-electron chi connectivity index (χ0n) is 14.0. The Morgan fingerprint density at radius 3 is 3.00 bits per heavy atom. The molecule has 0 amide bonds. The Kier molecular flexibility index (Phi) is 4.29. The smallest absolute Gasteiger partial charge is 0.258 e. The number of H-pyrrole nitrogens is 2. The molecule has 0 unspecified atom stereocenters. The van der Waals surface area contributed by atoms with E-state index in [0.29, 0.717) is 42.2 Å². The third-order valence-corrected chi connectivity index (χ3v) is 4.36. The highest BCUT2D eigenvalue weighted by molar-refractivity contribution is 5.77. The quantitative estimate of drug-likeness (QED) is 0.740. The lowest BCUT2D eigenvalue weighted by atomic mass is 10.2. The highest BCUT2D eigenvalue weighted by Crippen LogP contribution is 2.20. The maximum absolute atomic E-state index is 12.2. The van der Waals surface area contributed by atoms with Crippen LogP contribution in [0.4, 0.5) is 0 Å². The van der Waals surface area contributed by atoms with E-state index in [-0.39, 0.29) is 11.7 Å². The van der Waals surface area contributed by atoms with Gasteiger partial charge in [-0.1, -0.05) is 19.1 Å². The number of fused-ring (bicyclic) bond motifs is 1. The average molecular weight is 340 g/mol. The summed E-state index contributed by atoms with van der Waals surface area (Å²) >= 11 is 0. The first-order chi connectivity index (χ1) is 12.2. The van der Waals surface area contributed by atoms with Gasteiger partial charge in [0.25, 0.3) is 5.56 Å². The van der Waals surface area contributed by atoms with Gasteiger partial charge in [0, 0.05) is 19.5 Å². The molecule has 2 aromatic heterocycles. The molecule has 0 radical (unpaired) electrons. The maximum atomic E-state index is 12.2. The van der Waals surface area contributed by atoms with Gasteiger partial charge in [0.1, 0.15) is 17.8 Å². The molecule has 1 aromatic carbocycles. The molecular formula is C17H20N6O2. The minimum atomic E-state index is -0.169. The molecule has 25 heavy (non-hydrogen) atoms. The third-order valence-electron chi connectivity index (χ3n) is 4.36. The molecule has 3 heterocycles. The minimum Gasteiger partial charge on any atom is -0.367 e. The van der Waals surface area contributed by atoms with Crippen LogP contribution in [0, 0.1) is 0 Å². The molecule has 1 fully saturated rings. The van der Waals surface area contributed by atoms with E-state index in [1.807, 2.05) is 25.1 Å². The third kappa shape index (κ3) is 3.31. The summed E-state index contributed by atoms with van der Waals surface area (Å²) < 4.78 is 5.80. The topological polar surface area (TPSA) is 99.8 Å². The summed E-state index contributed by atoms with van der Waals surface area (Å²) in [5.74, 6) is 2.20. The fourth-order valence-corrected chi connectivity index (χ4v) is 3.04. The van der Waals surface area contributed by atoms with E-state index in [9.17, 15) is 4.79 Å². The van der Waals surface area contributed by atoms with Gasteiger partial charge in [-0.3, -0.25) is 14.8 Å². The molecule has 0 spiro atoms. The number of nitrogens with one attached hydrogen (secondary N) is 2. The van der Waals surface area contributed by atoms with E-state index in [4.69, 9.17) is 4.74 Å². The first-order valence-electron chi connectivity index (χ1n) is 8.46. The van der Waals surface area contributed by atoms with Crippen LogP contribution in [0.3, 0.4) is 0 Å². The number of para-hydroxylation sites is 1. The van der Waals surface area contributed by atoms with Gasteiger partial charge in [-0.2, -0.15) is 5.10 Å². The second-order valence-corrected chi connectivity index (χ2v) is 6.12. The largest absolute Gasteiger partial charge is 0.367 e. The second-order valence-electron chi connectivity index (χ2n) is 6.12. The number of morpholine rings is 1. The van der Waals surface area contributed by atoms with Crippen molar-refractivity contribution < 1.29 is 4.74 Å². The van der Waals surface area contributed by atoms with E-state index < -0.39 is 0 Å². The maximum Gasteiger partial charge on any atom is 0.258 e. The lowest BCUT2D eigenvalue weighted by Gasteiger charge is -2.31. The Morgan fingerprint density at radius 1 is 1.28 bits per heavy atom. The number of aryl methyl sites for hydroxylation is 1. The Labute approximate surface area is 144 Å². The van der Waals surface area contributed by atoms with Crippen molar-refractivity contribution in [3.8, 4) is 0 Å². The van der Waals surface area contributed by atoms with E-state index in [0.717, 1.165) is 18.8 Å². The summed E-state index contributed by atoms with van der Waals surface area (Å²) in [4.78, 5) is 26.3. The Bertz CT molecular complexity index is 934. The molecule has 1 aliphatic rings. The van der Waals surface area contributed by atoms with Crippen LogP contribution in [0.1, 0.15) is 30.5 Å². The number of rotatable bonds is 4. The zero-order chi connectivity index (χ0) is 17.2. The van der Waals surface area contributed by atoms with Crippen LogP contribution in [0.15, 0.2) is 29.1 Å². The summed E-state index contributed by atoms with van der Waals surface area (Å²) in [6.45, 7) is 4.62. The lowest BCUT2D eigenvalue weighted by molar-refractivity contribution is -0.0378. The predicted molar refractivity (Wildman–Crippen MR) is 92.1 cm³/mol. The SMILES string of the molecule is CCc1nc([C@H]2CN(Cc3nc4ccccc4c(=O)[nH]3)CCO2)n[nH]1. The van der Waals surface area contributed by atoms with E-state index in [2.05, 4.69) is 30.0 Å². The van der Waals surface area contributed by atoms with Crippen LogP contribution < -0.4 is 5.56 Å². The normalized spacial score (nSPS) is 18.7. The molecule has 1 aliphatic heterocycles. The summed E-state index contributed by atoms with van der Waals surface area (Å²) in [5.41, 5.74) is 0.611. The van der Waals surface area contributed by atoms with Gasteiger partial charge in [0.15, 0.2) is 5.82 Å². The number of benzene rings is 1. The van der Waals surface area contributed by atoms with Gasteiger partial charge < -0.3 is 9.72 Å². The first-order valence-corrected chi connectivity index (χ1v) is 8.46. The standard InChI is InChI=1S/C17H20N6O2/c1-2-14-19-16(22-21-14)13-9-23(7-8-25-13)10-15-18-12-6-4-3-5-11(12)17(24)20-15/h3-6,13H,2,7-10H2,1H3,(H,18,20,24)(H,19,21,22)/t13-/m1/s1. The van der Waals surface area contributed by atoms with Gasteiger partial charge in [-0.25, -0.2) is 9.97 Å². The van der Waals surface area contributed by atoms with Crippen molar-refractivity contribution >= 4 is 10.9 Å². The van der Waals surface area contributed by atoms with E-state index >= 15 is 0 Å². The fourth-order valence-electron chi connectivity index (χ4n) is 3.04. The molecule has 1 atom stereocenters. The highest BCUT2D eigenvalue weighted by Gasteiger charge is 2.25. The van der Waals surface area contributed by atoms with Crippen LogP contribution in [-0.4, -0.2) is 49.7 Å². The Balaban J connectivity index is 1.51. The number of aromatic nitrogens is 5. The van der Waals surface area contributed by atoms with Crippen molar-refractivity contribution in [3.63, 3.8) is 0 Å². The fraction of sp³-hybridized carbons (Fsp3) is 0.412. The Hall–Kier alpha value is -2.58. The highest BCUT2D eigenvalue weighted by atomic mass is 16.5. The van der Waals surface area contributed by atoms with Gasteiger partial charge in [-0.15, -0.1) is 0 Å². The molecular weight excluding hydrogens is 320 g/mol. The van der Waals surface area contributed by atoms with Crippen molar-refractivity contribution in [2.75, 3.05) is 19.7 Å². The molecule has 0 aliphatic carbocycles. The molecule has 2 N–H and O–H groups in total. The van der Waals surface area contributed by atoms with Crippen LogP contribution in [0.25, 0.3) is 10.9 Å². The van der Waals surface area contributed by atoms with Crippen molar-refractivity contribution in [1.82, 2.24) is 30.0 Å². The van der Waals surface area contributed by atoms with Crippen molar-refractivity contribution in [2.24, 2.45) is 0 Å². The number of nitrogens with zero attached hydrogens (tertiary/aromatic N) is 4. The van der Waals surface area contributed by atoms with E-state index in [1.165, 1.54) is 0 Å². The van der Waals surface area contributed by atoms with Crippen molar-refractivity contribution in [3.05, 3.63) is 52.1 Å².